The van der Waals surface area contributed by atoms with Crippen LogP contribution in [0.25, 0.3) is 0 Å². The summed E-state index contributed by atoms with van der Waals surface area (Å²) in [7, 11) is 0. The van der Waals surface area contributed by atoms with Gasteiger partial charge in [-0.05, 0) is 5.92 Å². The monoisotopic (exact) mass is 264 g/mol. The molecule has 1 aromatic rings. The van der Waals surface area contributed by atoms with E-state index in [0.29, 0.717) is 11.9 Å². The van der Waals surface area contributed by atoms with Crippen LogP contribution >= 0.6 is 15.9 Å². The highest BCUT2D eigenvalue weighted by atomic mass is 79.9. The summed E-state index contributed by atoms with van der Waals surface area (Å²) >= 11 is 3.25. The number of aromatic amines is 1. The SMILES string of the molecule is CC(CBr)Cn1cc(F)c(=O)[nH]c1=O. The Bertz CT molecular complexity index is 426. The maximum Gasteiger partial charge on any atom is 0.328 e. The highest BCUT2D eigenvalue weighted by Gasteiger charge is 2.06. The Balaban J connectivity index is 3.04. The van der Waals surface area contributed by atoms with Gasteiger partial charge >= 0.3 is 5.69 Å². The van der Waals surface area contributed by atoms with Crippen molar-refractivity contribution in [3.8, 4) is 0 Å². The van der Waals surface area contributed by atoms with Crippen LogP contribution in [-0.4, -0.2) is 14.9 Å². The van der Waals surface area contributed by atoms with Crippen molar-refractivity contribution in [2.45, 2.75) is 13.5 Å². The molecule has 78 valence electrons. The van der Waals surface area contributed by atoms with Crippen molar-refractivity contribution < 1.29 is 4.39 Å². The van der Waals surface area contributed by atoms with Crippen molar-refractivity contribution in [1.29, 1.82) is 0 Å². The van der Waals surface area contributed by atoms with E-state index in [1.807, 2.05) is 11.9 Å². The summed E-state index contributed by atoms with van der Waals surface area (Å²) in [5.74, 6) is -0.746. The molecule has 0 amide bonds. The van der Waals surface area contributed by atoms with Gasteiger partial charge in [0.05, 0.1) is 6.20 Å². The number of rotatable bonds is 3. The molecule has 1 atom stereocenters. The van der Waals surface area contributed by atoms with Crippen molar-refractivity contribution in [3.05, 3.63) is 32.9 Å². The van der Waals surface area contributed by atoms with Crippen LogP contribution in [0.4, 0.5) is 4.39 Å². The third-order valence-corrected chi connectivity index (χ3v) is 2.84. The van der Waals surface area contributed by atoms with E-state index in [9.17, 15) is 14.0 Å². The van der Waals surface area contributed by atoms with E-state index in [4.69, 9.17) is 0 Å². The third kappa shape index (κ3) is 2.54. The minimum atomic E-state index is -0.974. The quantitative estimate of drug-likeness (QED) is 0.818. The van der Waals surface area contributed by atoms with Gasteiger partial charge in [0.1, 0.15) is 0 Å². The molecular weight excluding hydrogens is 255 g/mol. The van der Waals surface area contributed by atoms with Crippen LogP contribution in [0, 0.1) is 11.7 Å². The van der Waals surface area contributed by atoms with Gasteiger partial charge in [-0.15, -0.1) is 0 Å². The maximum absolute atomic E-state index is 12.8. The molecule has 1 aromatic heterocycles. The summed E-state index contributed by atoms with van der Waals surface area (Å²) < 4.78 is 14.0. The average Bonchev–Trinajstić information content (AvgIpc) is 2.14. The van der Waals surface area contributed by atoms with Gasteiger partial charge < -0.3 is 0 Å². The first-order chi connectivity index (χ1) is 6.54. The number of hydrogen-bond acceptors (Lipinski definition) is 2. The molecule has 1 unspecified atom stereocenters. The molecule has 1 N–H and O–H groups in total. The van der Waals surface area contributed by atoms with Gasteiger partial charge in [-0.25, -0.2) is 4.79 Å². The Kier molecular flexibility index (Phi) is 3.62. The standard InChI is InChI=1S/C8H10BrFN2O2/c1-5(2-9)3-12-4-6(10)7(13)11-8(12)14/h4-5H,2-3H2,1H3,(H,11,13,14). The van der Waals surface area contributed by atoms with Gasteiger partial charge in [0, 0.05) is 11.9 Å². The Morgan fingerprint density at radius 3 is 2.86 bits per heavy atom. The molecular formula is C8H10BrFN2O2. The Labute approximate surface area is 87.9 Å². The normalized spacial score (nSPS) is 12.8. The topological polar surface area (TPSA) is 54.9 Å². The van der Waals surface area contributed by atoms with Crippen molar-refractivity contribution in [2.24, 2.45) is 5.92 Å². The zero-order valence-corrected chi connectivity index (χ0v) is 9.17. The van der Waals surface area contributed by atoms with Gasteiger partial charge in [-0.3, -0.25) is 14.3 Å². The minimum absolute atomic E-state index is 0.193. The highest BCUT2D eigenvalue weighted by Crippen LogP contribution is 2.01. The summed E-state index contributed by atoms with van der Waals surface area (Å²) in [5.41, 5.74) is -1.55. The lowest BCUT2D eigenvalue weighted by Crippen LogP contribution is -2.32. The van der Waals surface area contributed by atoms with E-state index >= 15 is 0 Å². The van der Waals surface area contributed by atoms with E-state index in [0.717, 1.165) is 10.8 Å². The fraction of sp³-hybridized carbons (Fsp3) is 0.500. The molecule has 4 nitrogen and oxygen atoms in total. The maximum atomic E-state index is 12.8. The first-order valence-electron chi connectivity index (χ1n) is 4.10. The molecule has 0 aromatic carbocycles. The molecule has 14 heavy (non-hydrogen) atoms. The molecule has 0 aliphatic heterocycles. The molecule has 0 saturated heterocycles. The van der Waals surface area contributed by atoms with Crippen LogP contribution in [0.3, 0.4) is 0 Å². The molecule has 0 radical (unpaired) electrons. The van der Waals surface area contributed by atoms with E-state index < -0.39 is 17.1 Å². The Morgan fingerprint density at radius 1 is 1.64 bits per heavy atom. The van der Waals surface area contributed by atoms with Gasteiger partial charge in [0.25, 0.3) is 5.56 Å². The van der Waals surface area contributed by atoms with Crippen molar-refractivity contribution in [1.82, 2.24) is 9.55 Å². The number of halogens is 2. The first kappa shape index (κ1) is 11.2. The van der Waals surface area contributed by atoms with Gasteiger partial charge in [-0.1, -0.05) is 22.9 Å². The van der Waals surface area contributed by atoms with Crippen LogP contribution in [0.15, 0.2) is 15.8 Å². The second kappa shape index (κ2) is 4.54. The number of nitrogens with zero attached hydrogens (tertiary/aromatic N) is 1. The number of alkyl halides is 1. The number of H-pyrrole nitrogens is 1. The zero-order valence-electron chi connectivity index (χ0n) is 7.59. The Hall–Kier alpha value is -0.910. The van der Waals surface area contributed by atoms with Crippen molar-refractivity contribution >= 4 is 15.9 Å². The van der Waals surface area contributed by atoms with Crippen molar-refractivity contribution in [3.63, 3.8) is 0 Å². The predicted molar refractivity (Wildman–Crippen MR) is 54.2 cm³/mol. The lowest BCUT2D eigenvalue weighted by Gasteiger charge is -2.09. The number of nitrogens with one attached hydrogen (secondary N) is 1. The summed E-state index contributed by atoms with van der Waals surface area (Å²) in [4.78, 5) is 23.8. The van der Waals surface area contributed by atoms with Crippen molar-refractivity contribution in [2.75, 3.05) is 5.33 Å². The number of hydrogen-bond donors (Lipinski definition) is 1. The summed E-state index contributed by atoms with van der Waals surface area (Å²) in [6, 6.07) is 0. The largest absolute Gasteiger partial charge is 0.328 e. The lowest BCUT2D eigenvalue weighted by molar-refractivity contribution is 0.485. The molecule has 0 saturated carbocycles. The van der Waals surface area contributed by atoms with Gasteiger partial charge in [0.2, 0.25) is 5.82 Å². The van der Waals surface area contributed by atoms with E-state index in [1.165, 1.54) is 0 Å². The summed E-state index contributed by atoms with van der Waals surface area (Å²) in [6.45, 7) is 2.28. The Morgan fingerprint density at radius 2 is 2.29 bits per heavy atom. The van der Waals surface area contributed by atoms with Crippen LogP contribution < -0.4 is 11.2 Å². The number of aromatic nitrogens is 2. The van der Waals surface area contributed by atoms with Gasteiger partial charge in [0.15, 0.2) is 0 Å². The van der Waals surface area contributed by atoms with E-state index in [1.54, 1.807) is 0 Å². The third-order valence-electron chi connectivity index (χ3n) is 1.74. The van der Waals surface area contributed by atoms with Crippen LogP contribution in [-0.2, 0) is 6.54 Å². The first-order valence-corrected chi connectivity index (χ1v) is 5.22. The summed E-state index contributed by atoms with van der Waals surface area (Å²) in [6.07, 6.45) is 0.931. The molecule has 0 spiro atoms. The molecule has 0 bridgehead atoms. The van der Waals surface area contributed by atoms with Gasteiger partial charge in [-0.2, -0.15) is 4.39 Å². The molecule has 0 aliphatic carbocycles. The van der Waals surface area contributed by atoms with Crippen LogP contribution in [0.2, 0.25) is 0 Å². The summed E-state index contributed by atoms with van der Waals surface area (Å²) in [5, 5.41) is 0.709. The molecule has 1 heterocycles. The molecule has 6 heteroatoms. The fourth-order valence-corrected chi connectivity index (χ4v) is 1.21. The molecule has 1 rings (SSSR count). The van der Waals surface area contributed by atoms with Crippen LogP contribution in [0.5, 0.6) is 0 Å². The second-order valence-corrected chi connectivity index (χ2v) is 3.80. The second-order valence-electron chi connectivity index (χ2n) is 3.15. The lowest BCUT2D eigenvalue weighted by atomic mass is 10.2. The van der Waals surface area contributed by atoms with E-state index in [2.05, 4.69) is 15.9 Å². The minimum Gasteiger partial charge on any atom is -0.297 e. The molecule has 0 fully saturated rings. The smallest absolute Gasteiger partial charge is 0.297 e. The highest BCUT2D eigenvalue weighted by molar-refractivity contribution is 9.09. The zero-order chi connectivity index (χ0) is 10.7. The van der Waals surface area contributed by atoms with E-state index in [-0.39, 0.29) is 5.92 Å². The fourth-order valence-electron chi connectivity index (χ4n) is 1.00. The average molecular weight is 265 g/mol. The van der Waals surface area contributed by atoms with Crippen LogP contribution in [0.1, 0.15) is 6.92 Å². The predicted octanol–water partition coefficient (Wildman–Crippen LogP) is 0.707. The molecule has 0 aliphatic rings.